The van der Waals surface area contributed by atoms with Crippen LogP contribution >= 0.6 is 23.2 Å². The Balaban J connectivity index is 2.10. The molecule has 106 valence electrons. The minimum Gasteiger partial charge on any atom is -0.437 e. The molecule has 0 aliphatic heterocycles. The molecule has 0 fully saturated rings. The van der Waals surface area contributed by atoms with Gasteiger partial charge in [0.1, 0.15) is 5.75 Å². The fraction of sp³-hybridized carbons (Fsp3) is 0.118. The van der Waals surface area contributed by atoms with Gasteiger partial charge in [-0.1, -0.05) is 35.9 Å². The van der Waals surface area contributed by atoms with Gasteiger partial charge >= 0.3 is 0 Å². The number of nitrogens with zero attached hydrogens (tertiary/aromatic N) is 1. The Morgan fingerprint density at radius 3 is 2.67 bits per heavy atom. The number of fused-ring (bicyclic) bond motifs is 1. The molecule has 0 N–H and O–H groups in total. The zero-order valence-corrected chi connectivity index (χ0v) is 12.9. The van der Waals surface area contributed by atoms with Crippen LogP contribution < -0.4 is 4.74 Å². The van der Waals surface area contributed by atoms with Crippen molar-refractivity contribution in [1.29, 1.82) is 0 Å². The molecule has 0 amide bonds. The third-order valence-electron chi connectivity index (χ3n) is 3.19. The summed E-state index contributed by atoms with van der Waals surface area (Å²) in [5.41, 5.74) is 1.85. The maximum absolute atomic E-state index is 6.23. The zero-order chi connectivity index (χ0) is 14.8. The highest BCUT2D eigenvalue weighted by molar-refractivity contribution is 6.32. The van der Waals surface area contributed by atoms with Crippen LogP contribution in [-0.2, 0) is 5.88 Å². The van der Waals surface area contributed by atoms with Crippen molar-refractivity contribution in [2.75, 3.05) is 0 Å². The van der Waals surface area contributed by atoms with Crippen LogP contribution in [0.2, 0.25) is 5.02 Å². The van der Waals surface area contributed by atoms with Crippen LogP contribution in [0.15, 0.2) is 48.5 Å². The summed E-state index contributed by atoms with van der Waals surface area (Å²) in [5.74, 6) is 1.45. The summed E-state index contributed by atoms with van der Waals surface area (Å²) in [6, 6.07) is 15.5. The van der Waals surface area contributed by atoms with E-state index in [1.54, 1.807) is 0 Å². The van der Waals surface area contributed by atoms with Crippen LogP contribution in [-0.4, -0.2) is 4.98 Å². The highest BCUT2D eigenvalue weighted by Crippen LogP contribution is 2.33. The monoisotopic (exact) mass is 317 g/mol. The second-order valence-electron chi connectivity index (χ2n) is 4.81. The summed E-state index contributed by atoms with van der Waals surface area (Å²) in [5, 5.41) is 2.54. The van der Waals surface area contributed by atoms with Crippen LogP contribution in [0.5, 0.6) is 11.6 Å². The molecule has 0 spiro atoms. The Labute approximate surface area is 133 Å². The summed E-state index contributed by atoms with van der Waals surface area (Å²) in [6.07, 6.45) is 0. The molecular weight excluding hydrogens is 305 g/mol. The minimum absolute atomic E-state index is 0.336. The van der Waals surface area contributed by atoms with Crippen molar-refractivity contribution >= 4 is 34.0 Å². The molecule has 2 aromatic carbocycles. The molecule has 0 bridgehead atoms. The molecule has 0 aliphatic rings. The van der Waals surface area contributed by atoms with Gasteiger partial charge in [0.05, 0.1) is 16.6 Å². The molecule has 0 aliphatic carbocycles. The molecule has 0 unspecified atom stereocenters. The predicted molar refractivity (Wildman–Crippen MR) is 87.6 cm³/mol. The van der Waals surface area contributed by atoms with Crippen LogP contribution in [0, 0.1) is 6.92 Å². The standard InChI is InChI=1S/C17H13Cl2NO/c1-11-6-7-16(15(19)8-11)21-17-14-5-3-2-4-12(14)9-13(10-18)20-17/h2-9H,10H2,1H3. The number of hydrogen-bond acceptors (Lipinski definition) is 2. The van der Waals surface area contributed by atoms with E-state index in [1.807, 2.05) is 55.5 Å². The fourth-order valence-corrected chi connectivity index (χ4v) is 2.57. The molecule has 1 aromatic heterocycles. The summed E-state index contributed by atoms with van der Waals surface area (Å²) in [6.45, 7) is 1.98. The van der Waals surface area contributed by atoms with E-state index in [-0.39, 0.29) is 0 Å². The van der Waals surface area contributed by atoms with Gasteiger partial charge in [0.15, 0.2) is 0 Å². The van der Waals surface area contributed by atoms with Gasteiger partial charge in [0.2, 0.25) is 5.88 Å². The minimum atomic E-state index is 0.336. The number of hydrogen-bond donors (Lipinski definition) is 0. The molecule has 2 nitrogen and oxygen atoms in total. The van der Waals surface area contributed by atoms with E-state index in [2.05, 4.69) is 4.98 Å². The molecule has 3 aromatic rings. The summed E-state index contributed by atoms with van der Waals surface area (Å²) < 4.78 is 5.92. The first-order chi connectivity index (χ1) is 10.2. The Kier molecular flexibility index (Phi) is 4.00. The number of ether oxygens (including phenoxy) is 1. The first kappa shape index (κ1) is 14.2. The van der Waals surface area contributed by atoms with Crippen molar-refractivity contribution in [3.63, 3.8) is 0 Å². The Morgan fingerprint density at radius 2 is 1.90 bits per heavy atom. The summed E-state index contributed by atoms with van der Waals surface area (Å²) in [7, 11) is 0. The van der Waals surface area contributed by atoms with Crippen molar-refractivity contribution in [3.8, 4) is 11.6 Å². The predicted octanol–water partition coefficient (Wildman–Crippen LogP) is 5.73. The van der Waals surface area contributed by atoms with Crippen molar-refractivity contribution in [2.45, 2.75) is 12.8 Å². The highest BCUT2D eigenvalue weighted by Gasteiger charge is 2.10. The lowest BCUT2D eigenvalue weighted by atomic mass is 10.1. The van der Waals surface area contributed by atoms with Gasteiger partial charge in [0.25, 0.3) is 0 Å². The van der Waals surface area contributed by atoms with E-state index in [9.17, 15) is 0 Å². The van der Waals surface area contributed by atoms with E-state index in [4.69, 9.17) is 27.9 Å². The quantitative estimate of drug-likeness (QED) is 0.576. The Hall–Kier alpha value is -1.77. The van der Waals surface area contributed by atoms with Gasteiger partial charge in [-0.3, -0.25) is 0 Å². The first-order valence-corrected chi connectivity index (χ1v) is 7.47. The van der Waals surface area contributed by atoms with E-state index in [0.717, 1.165) is 22.0 Å². The van der Waals surface area contributed by atoms with E-state index in [0.29, 0.717) is 22.5 Å². The number of halogens is 2. The maximum Gasteiger partial charge on any atom is 0.227 e. The van der Waals surface area contributed by atoms with Crippen LogP contribution in [0.25, 0.3) is 10.8 Å². The topological polar surface area (TPSA) is 22.1 Å². The highest BCUT2D eigenvalue weighted by atomic mass is 35.5. The molecule has 0 atom stereocenters. The van der Waals surface area contributed by atoms with Gasteiger partial charge in [-0.15, -0.1) is 11.6 Å². The molecule has 3 rings (SSSR count). The smallest absolute Gasteiger partial charge is 0.227 e. The van der Waals surface area contributed by atoms with Crippen molar-refractivity contribution < 1.29 is 4.74 Å². The average molecular weight is 318 g/mol. The van der Waals surface area contributed by atoms with Gasteiger partial charge < -0.3 is 4.74 Å². The van der Waals surface area contributed by atoms with Crippen molar-refractivity contribution in [3.05, 3.63) is 64.8 Å². The maximum atomic E-state index is 6.23. The summed E-state index contributed by atoms with van der Waals surface area (Å²) >= 11 is 12.1. The van der Waals surface area contributed by atoms with Gasteiger partial charge in [-0.25, -0.2) is 4.98 Å². The number of aryl methyl sites for hydroxylation is 1. The van der Waals surface area contributed by atoms with E-state index >= 15 is 0 Å². The van der Waals surface area contributed by atoms with Crippen molar-refractivity contribution in [1.82, 2.24) is 4.98 Å². The van der Waals surface area contributed by atoms with Crippen molar-refractivity contribution in [2.24, 2.45) is 0 Å². The second-order valence-corrected chi connectivity index (χ2v) is 5.48. The third kappa shape index (κ3) is 2.97. The van der Waals surface area contributed by atoms with Gasteiger partial charge in [0, 0.05) is 5.39 Å². The fourth-order valence-electron chi connectivity index (χ4n) is 2.16. The average Bonchev–Trinajstić information content (AvgIpc) is 2.49. The molecular formula is C17H13Cl2NO. The van der Waals surface area contributed by atoms with E-state index < -0.39 is 0 Å². The largest absolute Gasteiger partial charge is 0.437 e. The second kappa shape index (κ2) is 5.92. The van der Waals surface area contributed by atoms with Crippen LogP contribution in [0.4, 0.5) is 0 Å². The normalized spacial score (nSPS) is 10.8. The van der Waals surface area contributed by atoms with E-state index in [1.165, 1.54) is 0 Å². The number of pyridine rings is 1. The number of alkyl halides is 1. The van der Waals surface area contributed by atoms with Gasteiger partial charge in [-0.05, 0) is 42.1 Å². The zero-order valence-electron chi connectivity index (χ0n) is 11.4. The first-order valence-electron chi connectivity index (χ1n) is 6.56. The molecule has 0 radical (unpaired) electrons. The molecule has 21 heavy (non-hydrogen) atoms. The molecule has 4 heteroatoms. The lowest BCUT2D eigenvalue weighted by Crippen LogP contribution is -1.94. The Morgan fingerprint density at radius 1 is 1.10 bits per heavy atom. The molecule has 0 saturated heterocycles. The Bertz CT molecular complexity index is 802. The van der Waals surface area contributed by atoms with Crippen LogP contribution in [0.3, 0.4) is 0 Å². The van der Waals surface area contributed by atoms with Gasteiger partial charge in [-0.2, -0.15) is 0 Å². The number of aromatic nitrogens is 1. The number of benzene rings is 2. The van der Waals surface area contributed by atoms with Crippen LogP contribution in [0.1, 0.15) is 11.3 Å². The lowest BCUT2D eigenvalue weighted by Gasteiger charge is -2.11. The SMILES string of the molecule is Cc1ccc(Oc2nc(CCl)cc3ccccc23)c(Cl)c1. The number of rotatable bonds is 3. The molecule has 0 saturated carbocycles. The molecule has 1 heterocycles. The third-order valence-corrected chi connectivity index (χ3v) is 3.76. The summed E-state index contributed by atoms with van der Waals surface area (Å²) in [4.78, 5) is 4.47. The lowest BCUT2D eigenvalue weighted by molar-refractivity contribution is 0.468.